The van der Waals surface area contributed by atoms with Crippen molar-refractivity contribution in [2.45, 2.75) is 32.3 Å². The van der Waals surface area contributed by atoms with Gasteiger partial charge in [-0.1, -0.05) is 0 Å². The molecule has 0 spiro atoms. The van der Waals surface area contributed by atoms with Gasteiger partial charge in [-0.25, -0.2) is 0 Å². The average Bonchev–Trinajstić information content (AvgIpc) is 2.42. The van der Waals surface area contributed by atoms with Gasteiger partial charge in [0.15, 0.2) is 0 Å². The molecule has 0 aliphatic heterocycles. The van der Waals surface area contributed by atoms with Crippen molar-refractivity contribution < 1.29 is 22.6 Å². The van der Waals surface area contributed by atoms with E-state index < -0.39 is 13.3 Å². The first kappa shape index (κ1) is 21.2. The molecule has 0 heterocycles. The predicted molar refractivity (Wildman–Crippen MR) is 89.1 cm³/mol. The van der Waals surface area contributed by atoms with Crippen molar-refractivity contribution in [1.82, 2.24) is 9.34 Å². The molecule has 0 saturated carbocycles. The van der Waals surface area contributed by atoms with Crippen LogP contribution in [0.2, 0.25) is 0 Å². The van der Waals surface area contributed by atoms with Gasteiger partial charge in [0, 0.05) is 0 Å². The van der Waals surface area contributed by atoms with Crippen molar-refractivity contribution in [3.8, 4) is 0 Å². The van der Waals surface area contributed by atoms with Crippen molar-refractivity contribution in [3.63, 3.8) is 0 Å². The Hall–Kier alpha value is 0.186. The predicted octanol–water partition coefficient (Wildman–Crippen LogP) is 0.507. The Morgan fingerprint density at radius 1 is 1.29 bits per heavy atom. The Bertz CT molecular complexity index is 309. The summed E-state index contributed by atoms with van der Waals surface area (Å²) < 4.78 is 18.5. The van der Waals surface area contributed by atoms with Crippen molar-refractivity contribution in [2.75, 3.05) is 34.0 Å². The fourth-order valence-electron chi connectivity index (χ4n) is 1.49. The Morgan fingerprint density at radius 2 is 2.00 bits per heavy atom. The summed E-state index contributed by atoms with van der Waals surface area (Å²) in [7, 11) is 3.19. The first-order valence-electron chi connectivity index (χ1n) is 6.80. The number of rotatable bonds is 12. The minimum absolute atomic E-state index is 0.00238. The second kappa shape index (κ2) is 13.8. The van der Waals surface area contributed by atoms with Crippen molar-refractivity contribution in [3.05, 3.63) is 0 Å². The van der Waals surface area contributed by atoms with Gasteiger partial charge in [-0.05, 0) is 0 Å². The zero-order valence-electron chi connectivity index (χ0n) is 12.8. The molecule has 0 aliphatic carbocycles. The Labute approximate surface area is 142 Å². The van der Waals surface area contributed by atoms with Crippen LogP contribution in [-0.2, 0) is 22.6 Å². The summed E-state index contributed by atoms with van der Waals surface area (Å²) in [4.78, 5) is 22.4. The number of carbonyl (C=O) groups excluding carboxylic acids is 2. The maximum atomic E-state index is 11.6. The molecule has 21 heavy (non-hydrogen) atoms. The van der Waals surface area contributed by atoms with Crippen LogP contribution < -0.4 is 9.34 Å². The molecule has 9 heteroatoms. The molecule has 122 valence electrons. The Morgan fingerprint density at radius 3 is 2.57 bits per heavy atom. The topological polar surface area (TPSA) is 85.9 Å². The van der Waals surface area contributed by atoms with Gasteiger partial charge in [0.05, 0.1) is 0 Å². The van der Waals surface area contributed by atoms with Crippen LogP contribution in [0.15, 0.2) is 0 Å². The molecule has 0 aromatic heterocycles. The number of nitrogens with one attached hydrogen (secondary N) is 2. The summed E-state index contributed by atoms with van der Waals surface area (Å²) in [6, 6.07) is 0. The van der Waals surface area contributed by atoms with Crippen LogP contribution >= 0.6 is 19.7 Å². The normalized spacial score (nSPS) is 11.8. The summed E-state index contributed by atoms with van der Waals surface area (Å²) in [5.74, 6) is -0.0416. The van der Waals surface area contributed by atoms with Crippen LogP contribution in [0.3, 0.4) is 0 Å². The molecule has 7 nitrogen and oxygen atoms in total. The monoisotopic (exact) mass is 472 g/mol. The van der Waals surface area contributed by atoms with Crippen molar-refractivity contribution >= 4 is 44.8 Å². The molecular formula is C12H24GaIN2O5. The molecule has 0 radical (unpaired) electrons. The van der Waals surface area contributed by atoms with E-state index in [1.54, 1.807) is 14.2 Å². The first-order chi connectivity index (χ1) is 9.99. The Kier molecular flexibility index (Phi) is 13.9. The van der Waals surface area contributed by atoms with E-state index in [-0.39, 0.29) is 17.9 Å². The SMILES string of the molecule is COCC(CNC(=O)CCCC[O][Ga]([I])[NH]C(C)=O)OC. The van der Waals surface area contributed by atoms with E-state index in [9.17, 15) is 9.59 Å². The van der Waals surface area contributed by atoms with Crippen molar-refractivity contribution in [1.29, 1.82) is 0 Å². The zero-order valence-corrected chi connectivity index (χ0v) is 17.4. The average molecular weight is 473 g/mol. The van der Waals surface area contributed by atoms with E-state index in [1.807, 2.05) is 0 Å². The molecule has 2 N–H and O–H groups in total. The van der Waals surface area contributed by atoms with E-state index in [2.05, 4.69) is 29.0 Å². The molecule has 1 unspecified atom stereocenters. The van der Waals surface area contributed by atoms with Crippen LogP contribution in [0, 0.1) is 0 Å². The summed E-state index contributed by atoms with van der Waals surface area (Å²) >= 11 is 0.101. The van der Waals surface area contributed by atoms with Gasteiger partial charge in [-0.3, -0.25) is 0 Å². The number of hydrogen-bond donors (Lipinski definition) is 2. The third-order valence-corrected chi connectivity index (χ3v) is 8.52. The molecule has 0 bridgehead atoms. The third-order valence-electron chi connectivity index (χ3n) is 2.59. The number of carbonyl (C=O) groups is 2. The number of halogens is 1. The summed E-state index contributed by atoms with van der Waals surface area (Å²) in [5, 5.41) is 2.81. The second-order valence-corrected chi connectivity index (χ2v) is 13.0. The molecule has 0 fully saturated rings. The second-order valence-electron chi connectivity index (χ2n) is 4.46. The van der Waals surface area contributed by atoms with E-state index in [0.29, 0.717) is 26.2 Å². The van der Waals surface area contributed by atoms with Crippen LogP contribution in [0.5, 0.6) is 0 Å². The van der Waals surface area contributed by atoms with Gasteiger partial charge in [0.2, 0.25) is 0 Å². The van der Waals surface area contributed by atoms with Crippen LogP contribution in [0.4, 0.5) is 0 Å². The number of ether oxygens (including phenoxy) is 2. The summed E-state index contributed by atoms with van der Waals surface area (Å²) in [6.45, 7) is 2.98. The number of methoxy groups -OCH3 is 2. The Balaban J connectivity index is 3.55. The minimum atomic E-state index is -2.08. The van der Waals surface area contributed by atoms with E-state index in [0.717, 1.165) is 12.8 Å². The molecule has 0 aliphatic rings. The van der Waals surface area contributed by atoms with Gasteiger partial charge in [0.25, 0.3) is 0 Å². The van der Waals surface area contributed by atoms with Crippen molar-refractivity contribution in [2.24, 2.45) is 0 Å². The summed E-state index contributed by atoms with van der Waals surface area (Å²) in [6.07, 6.45) is 1.92. The van der Waals surface area contributed by atoms with Crippen LogP contribution in [0.1, 0.15) is 26.2 Å². The number of hydrogen-bond acceptors (Lipinski definition) is 5. The molecular weight excluding hydrogens is 449 g/mol. The van der Waals surface area contributed by atoms with E-state index >= 15 is 0 Å². The standard InChI is InChI=1S/C10H20NO4.C2H5NO.Ga.HI/c1-14-8-9(15-2)7-11-10(13)5-3-4-6-12;1-2(3)4;;/h9H,3-8H2,1-2H3,(H,11,13);1H3,(H2,3,4);;1H/q-1;;+3;/p-2. The third kappa shape index (κ3) is 13.6. The van der Waals surface area contributed by atoms with Gasteiger partial charge in [0.1, 0.15) is 0 Å². The fourth-order valence-corrected chi connectivity index (χ4v) is 6.72. The number of unbranched alkanes of at least 4 members (excludes halogenated alkanes) is 1. The number of amides is 2. The van der Waals surface area contributed by atoms with E-state index in [1.165, 1.54) is 6.92 Å². The quantitative estimate of drug-likeness (QED) is 0.245. The zero-order chi connectivity index (χ0) is 16.1. The fraction of sp³-hybridized carbons (Fsp3) is 0.833. The molecule has 0 saturated heterocycles. The molecule has 0 aromatic rings. The van der Waals surface area contributed by atoms with E-state index in [4.69, 9.17) is 13.0 Å². The van der Waals surface area contributed by atoms with Gasteiger partial charge < -0.3 is 0 Å². The van der Waals surface area contributed by atoms with Crippen LogP contribution in [-0.4, -0.2) is 65.2 Å². The van der Waals surface area contributed by atoms with Gasteiger partial charge in [-0.15, -0.1) is 0 Å². The first-order valence-corrected chi connectivity index (χ1v) is 16.4. The van der Waals surface area contributed by atoms with Gasteiger partial charge in [-0.2, -0.15) is 0 Å². The van der Waals surface area contributed by atoms with Crippen LogP contribution in [0.25, 0.3) is 0 Å². The maximum absolute atomic E-state index is 11.6. The summed E-state index contributed by atoms with van der Waals surface area (Å²) in [5.41, 5.74) is 0. The molecule has 2 amide bonds. The molecule has 0 aromatic carbocycles. The molecule has 0 rings (SSSR count). The van der Waals surface area contributed by atoms with Gasteiger partial charge >= 0.3 is 143 Å². The molecule has 1 atom stereocenters.